The summed E-state index contributed by atoms with van der Waals surface area (Å²) in [5.74, 6) is 3.61. The average Bonchev–Trinajstić information content (AvgIpc) is 3.29. The second kappa shape index (κ2) is 8.12. The summed E-state index contributed by atoms with van der Waals surface area (Å²) in [5, 5.41) is 7.24. The van der Waals surface area contributed by atoms with Crippen LogP contribution in [0.3, 0.4) is 0 Å². The van der Waals surface area contributed by atoms with Gasteiger partial charge < -0.3 is 9.84 Å². The summed E-state index contributed by atoms with van der Waals surface area (Å²) >= 11 is 0. The van der Waals surface area contributed by atoms with Crippen molar-refractivity contribution in [3.8, 4) is 11.3 Å². The van der Waals surface area contributed by atoms with Gasteiger partial charge in [0.05, 0.1) is 17.0 Å². The molecule has 1 amide bonds. The fourth-order valence-corrected chi connectivity index (χ4v) is 4.45. The first-order valence-corrected chi connectivity index (χ1v) is 11.3. The van der Waals surface area contributed by atoms with Gasteiger partial charge in [-0.15, -0.1) is 0 Å². The van der Waals surface area contributed by atoms with Crippen LogP contribution in [0.5, 0.6) is 0 Å². The first-order chi connectivity index (χ1) is 14.2. The van der Waals surface area contributed by atoms with Crippen molar-refractivity contribution in [1.82, 2.24) is 20.4 Å². The lowest BCUT2D eigenvalue weighted by molar-refractivity contribution is -0.122. The van der Waals surface area contributed by atoms with Gasteiger partial charge in [-0.2, -0.15) is 0 Å². The highest BCUT2D eigenvalue weighted by Crippen LogP contribution is 2.40. The minimum Gasteiger partial charge on any atom is -0.356 e. The Morgan fingerprint density at radius 3 is 2.50 bits per heavy atom. The van der Waals surface area contributed by atoms with Crippen LogP contribution in [-0.2, 0) is 10.2 Å². The molecule has 0 spiro atoms. The van der Waals surface area contributed by atoms with Gasteiger partial charge >= 0.3 is 0 Å². The van der Waals surface area contributed by atoms with E-state index in [4.69, 9.17) is 9.51 Å². The first kappa shape index (κ1) is 21.0. The third-order valence-electron chi connectivity index (χ3n) is 6.63. The molecule has 2 aliphatic carbocycles. The predicted molar refractivity (Wildman–Crippen MR) is 116 cm³/mol. The van der Waals surface area contributed by atoms with Gasteiger partial charge in [0.25, 0.3) is 0 Å². The van der Waals surface area contributed by atoms with Crippen LogP contribution in [0.15, 0.2) is 16.8 Å². The maximum absolute atomic E-state index is 12.1. The van der Waals surface area contributed by atoms with E-state index in [0.29, 0.717) is 17.8 Å². The lowest BCUT2D eigenvalue weighted by Gasteiger charge is -2.30. The summed E-state index contributed by atoms with van der Waals surface area (Å²) in [7, 11) is 0. The molecule has 0 unspecified atom stereocenters. The Balaban J connectivity index is 1.47. The number of hydrogen-bond acceptors (Lipinski definition) is 5. The SMILES string of the molecule is Cc1cc(-c2cnc(C(C)(C)C)nc2C2CCC(CNC(=O)[C@H]3C[C@H]3C)CC2)on1. The Morgan fingerprint density at radius 1 is 1.23 bits per heavy atom. The minimum absolute atomic E-state index is 0.105. The van der Waals surface area contributed by atoms with Crippen molar-refractivity contribution in [1.29, 1.82) is 0 Å². The summed E-state index contributed by atoms with van der Waals surface area (Å²) in [6, 6.07) is 1.96. The van der Waals surface area contributed by atoms with Gasteiger partial charge in [0, 0.05) is 36.1 Å². The zero-order chi connectivity index (χ0) is 21.5. The van der Waals surface area contributed by atoms with Gasteiger partial charge in [0.1, 0.15) is 5.82 Å². The van der Waals surface area contributed by atoms with Gasteiger partial charge in [0.2, 0.25) is 5.91 Å². The Bertz CT molecular complexity index is 906. The number of nitrogens with zero attached hydrogens (tertiary/aromatic N) is 3. The molecule has 2 aromatic heterocycles. The molecule has 6 nitrogen and oxygen atoms in total. The molecule has 2 fully saturated rings. The molecule has 2 aliphatic rings. The highest BCUT2D eigenvalue weighted by Gasteiger charge is 2.39. The van der Waals surface area contributed by atoms with E-state index in [1.165, 1.54) is 0 Å². The lowest BCUT2D eigenvalue weighted by Crippen LogP contribution is -2.32. The van der Waals surface area contributed by atoms with Crippen LogP contribution in [0.25, 0.3) is 11.3 Å². The minimum atomic E-state index is -0.105. The number of carbonyl (C=O) groups is 1. The van der Waals surface area contributed by atoms with E-state index in [1.807, 2.05) is 19.2 Å². The third-order valence-corrected chi connectivity index (χ3v) is 6.63. The topological polar surface area (TPSA) is 80.9 Å². The van der Waals surface area contributed by atoms with Gasteiger partial charge in [0.15, 0.2) is 5.76 Å². The van der Waals surface area contributed by atoms with Crippen LogP contribution in [0.4, 0.5) is 0 Å². The highest BCUT2D eigenvalue weighted by atomic mass is 16.5. The Hall–Kier alpha value is -2.24. The lowest BCUT2D eigenvalue weighted by atomic mass is 9.79. The number of hydrogen-bond donors (Lipinski definition) is 1. The van der Waals surface area contributed by atoms with Crippen LogP contribution >= 0.6 is 0 Å². The Morgan fingerprint density at radius 2 is 1.93 bits per heavy atom. The van der Waals surface area contributed by atoms with Gasteiger partial charge in [-0.25, -0.2) is 9.97 Å². The molecule has 4 rings (SSSR count). The van der Waals surface area contributed by atoms with E-state index in [1.54, 1.807) is 0 Å². The smallest absolute Gasteiger partial charge is 0.223 e. The summed E-state index contributed by atoms with van der Waals surface area (Å²) in [6.45, 7) is 11.3. The molecule has 30 heavy (non-hydrogen) atoms. The van der Waals surface area contributed by atoms with Crippen molar-refractivity contribution in [3.05, 3.63) is 29.5 Å². The number of amides is 1. The number of aryl methyl sites for hydroxylation is 1. The van der Waals surface area contributed by atoms with Crippen molar-refractivity contribution >= 4 is 5.91 Å². The van der Waals surface area contributed by atoms with E-state index in [-0.39, 0.29) is 17.2 Å². The van der Waals surface area contributed by atoms with Crippen molar-refractivity contribution in [2.45, 2.75) is 78.1 Å². The summed E-state index contributed by atoms with van der Waals surface area (Å²) in [5.41, 5.74) is 2.80. The Labute approximate surface area is 179 Å². The molecule has 0 aliphatic heterocycles. The van der Waals surface area contributed by atoms with E-state index < -0.39 is 0 Å². The fourth-order valence-electron chi connectivity index (χ4n) is 4.45. The molecule has 2 aromatic rings. The molecule has 162 valence electrons. The number of carbonyl (C=O) groups excluding carboxylic acids is 1. The van der Waals surface area contributed by atoms with Gasteiger partial charge in [-0.1, -0.05) is 32.9 Å². The molecule has 0 saturated heterocycles. The summed E-state index contributed by atoms with van der Waals surface area (Å²) in [6.07, 6.45) is 7.31. The van der Waals surface area contributed by atoms with Crippen molar-refractivity contribution in [2.24, 2.45) is 17.8 Å². The molecule has 0 bridgehead atoms. The second-order valence-electron chi connectivity index (χ2n) is 10.4. The zero-order valence-corrected chi connectivity index (χ0v) is 18.9. The molecule has 6 heteroatoms. The first-order valence-electron chi connectivity index (χ1n) is 11.3. The van der Waals surface area contributed by atoms with Crippen LogP contribution in [0, 0.1) is 24.7 Å². The van der Waals surface area contributed by atoms with E-state index in [9.17, 15) is 4.79 Å². The quantitative estimate of drug-likeness (QED) is 0.767. The van der Waals surface area contributed by atoms with E-state index in [0.717, 1.165) is 67.2 Å². The number of rotatable bonds is 5. The van der Waals surface area contributed by atoms with Gasteiger partial charge in [-0.3, -0.25) is 4.79 Å². The zero-order valence-electron chi connectivity index (χ0n) is 18.9. The largest absolute Gasteiger partial charge is 0.356 e. The van der Waals surface area contributed by atoms with Crippen LogP contribution in [0.2, 0.25) is 0 Å². The standard InChI is InChI=1S/C24H34N4O2/c1-14-10-18(14)22(29)25-12-16-6-8-17(9-7-16)21-19(20-11-15(2)28-30-20)13-26-23(27-21)24(3,4)5/h11,13-14,16-18H,6-10,12H2,1-5H3,(H,25,29)/t14-,16?,17?,18+/m1/s1. The summed E-state index contributed by atoms with van der Waals surface area (Å²) < 4.78 is 5.55. The highest BCUT2D eigenvalue weighted by molar-refractivity contribution is 5.81. The maximum atomic E-state index is 12.1. The molecule has 1 N–H and O–H groups in total. The monoisotopic (exact) mass is 410 g/mol. The normalized spacial score (nSPS) is 26.4. The number of nitrogens with one attached hydrogen (secondary N) is 1. The maximum Gasteiger partial charge on any atom is 0.223 e. The molecule has 2 heterocycles. The van der Waals surface area contributed by atoms with Crippen LogP contribution in [-0.4, -0.2) is 27.6 Å². The molecule has 2 atom stereocenters. The van der Waals surface area contributed by atoms with E-state index in [2.05, 4.69) is 43.2 Å². The predicted octanol–water partition coefficient (Wildman–Crippen LogP) is 4.78. The molecule has 2 saturated carbocycles. The van der Waals surface area contributed by atoms with Gasteiger partial charge in [-0.05, 0) is 50.9 Å². The van der Waals surface area contributed by atoms with Crippen LogP contribution < -0.4 is 5.32 Å². The van der Waals surface area contributed by atoms with E-state index >= 15 is 0 Å². The molecule has 0 aromatic carbocycles. The summed E-state index contributed by atoms with van der Waals surface area (Å²) in [4.78, 5) is 21.8. The molecular formula is C24H34N4O2. The fraction of sp³-hybridized carbons (Fsp3) is 0.667. The second-order valence-corrected chi connectivity index (χ2v) is 10.4. The van der Waals surface area contributed by atoms with Crippen molar-refractivity contribution in [3.63, 3.8) is 0 Å². The van der Waals surface area contributed by atoms with Crippen molar-refractivity contribution < 1.29 is 9.32 Å². The average molecular weight is 411 g/mol. The van der Waals surface area contributed by atoms with Crippen molar-refractivity contribution in [2.75, 3.05) is 6.54 Å². The third kappa shape index (κ3) is 4.57. The number of aromatic nitrogens is 3. The Kier molecular flexibility index (Phi) is 5.69. The molecule has 0 radical (unpaired) electrons. The molecular weight excluding hydrogens is 376 g/mol. The van der Waals surface area contributed by atoms with Crippen LogP contribution in [0.1, 0.15) is 82.9 Å².